The molecular weight excluding hydrogens is 119 g/mol. The summed E-state index contributed by atoms with van der Waals surface area (Å²) in [5, 5.41) is 1.28. The Labute approximate surface area is 73.7 Å². The summed E-state index contributed by atoms with van der Waals surface area (Å²) in [6.45, 7) is 5.24. The maximum atomic E-state index is 5.49. The topological polar surface area (TPSA) is 9.23 Å². The van der Waals surface area contributed by atoms with Crippen molar-refractivity contribution in [2.75, 3.05) is 6.61 Å². The summed E-state index contributed by atoms with van der Waals surface area (Å²) in [7, 11) is 0. The van der Waals surface area contributed by atoms with E-state index in [-0.39, 0.29) is 0 Å². The number of hydrogen-bond donors (Lipinski definition) is 0. The van der Waals surface area contributed by atoms with Crippen LogP contribution in [0.3, 0.4) is 0 Å². The minimum absolute atomic E-state index is 0.455. The Morgan fingerprint density at radius 3 is 2.60 bits per heavy atom. The summed E-state index contributed by atoms with van der Waals surface area (Å²) in [6, 6.07) is 0. The van der Waals surface area contributed by atoms with Crippen LogP contribution in [0.1, 0.15) is 33.1 Å². The molecule has 2 heteroatoms. The van der Waals surface area contributed by atoms with Gasteiger partial charge in [0.25, 0.3) is 0 Å². The molecule has 0 radical (unpaired) electrons. The van der Waals surface area contributed by atoms with E-state index in [4.69, 9.17) is 4.74 Å². The van der Waals surface area contributed by atoms with Gasteiger partial charge in [-0.1, -0.05) is 0 Å². The summed E-state index contributed by atoms with van der Waals surface area (Å²) in [5.41, 5.74) is 0. The average molecular weight is 136 g/mol. The predicted octanol–water partition coefficient (Wildman–Crippen LogP) is 2.17. The van der Waals surface area contributed by atoms with Crippen molar-refractivity contribution in [1.82, 2.24) is 0 Å². The molecule has 0 aromatic carbocycles. The molecular formula is C8H17LiO. The molecule has 1 atom stereocenters. The standard InChI is InChI=1S/C8H17O.Li/c1-4-6-7-9-8(3)5-2;/h8H,1,4-7H2,2-3H3;. The molecule has 0 aliphatic rings. The second-order valence-electron chi connectivity index (χ2n) is 2.80. The van der Waals surface area contributed by atoms with E-state index in [0.717, 1.165) is 13.0 Å². The third-order valence-corrected chi connectivity index (χ3v) is 1.73. The van der Waals surface area contributed by atoms with Gasteiger partial charge in [-0.2, -0.15) is 0 Å². The van der Waals surface area contributed by atoms with Gasteiger partial charge >= 0.3 is 73.4 Å². The summed E-state index contributed by atoms with van der Waals surface area (Å²) in [6.07, 6.45) is 4.11. The van der Waals surface area contributed by atoms with E-state index in [1.807, 2.05) is 0 Å². The molecule has 1 unspecified atom stereocenters. The fourth-order valence-corrected chi connectivity index (χ4v) is 0.754. The molecule has 0 spiro atoms. The zero-order valence-corrected chi connectivity index (χ0v) is 7.52. The Bertz CT molecular complexity index is 66.3. The van der Waals surface area contributed by atoms with Crippen molar-refractivity contribution in [1.29, 1.82) is 0 Å². The van der Waals surface area contributed by atoms with E-state index in [9.17, 15) is 0 Å². The maximum absolute atomic E-state index is 5.49. The quantitative estimate of drug-likeness (QED) is 0.401. The molecule has 0 fully saturated rings. The van der Waals surface area contributed by atoms with Crippen LogP contribution in [0.15, 0.2) is 0 Å². The van der Waals surface area contributed by atoms with E-state index in [1.54, 1.807) is 0 Å². The Balaban J connectivity index is 2.89. The van der Waals surface area contributed by atoms with Gasteiger partial charge in [-0.05, 0) is 0 Å². The van der Waals surface area contributed by atoms with Gasteiger partial charge in [-0.15, -0.1) is 0 Å². The van der Waals surface area contributed by atoms with Gasteiger partial charge in [0.05, 0.1) is 0 Å². The number of unbranched alkanes of at least 4 members (excludes halogenated alkanes) is 1. The Hall–Kier alpha value is 0.557. The zero-order valence-electron chi connectivity index (χ0n) is 7.52. The second kappa shape index (κ2) is 7.66. The summed E-state index contributed by atoms with van der Waals surface area (Å²) in [5.74, 6) is 0. The van der Waals surface area contributed by atoms with Crippen molar-refractivity contribution in [3.05, 3.63) is 0 Å². The summed E-state index contributed by atoms with van der Waals surface area (Å²) in [4.78, 5) is 0. The Kier molecular flexibility index (Phi) is 8.09. The molecule has 0 saturated carbocycles. The summed E-state index contributed by atoms with van der Waals surface area (Å²) < 4.78 is 5.49. The molecule has 0 heterocycles. The summed E-state index contributed by atoms with van der Waals surface area (Å²) >= 11 is 2.21. The molecule has 10 heavy (non-hydrogen) atoms. The minimum atomic E-state index is 0.455. The molecule has 0 aliphatic carbocycles. The third kappa shape index (κ3) is 6.67. The van der Waals surface area contributed by atoms with Gasteiger partial charge in [0.15, 0.2) is 0 Å². The van der Waals surface area contributed by atoms with E-state index in [0.29, 0.717) is 6.10 Å². The van der Waals surface area contributed by atoms with Crippen LogP contribution in [0.5, 0.6) is 0 Å². The first-order valence-corrected chi connectivity index (χ1v) is 4.42. The molecule has 0 bridgehead atoms. The van der Waals surface area contributed by atoms with Crippen LogP contribution < -0.4 is 0 Å². The Morgan fingerprint density at radius 2 is 2.10 bits per heavy atom. The monoisotopic (exact) mass is 136 g/mol. The van der Waals surface area contributed by atoms with Gasteiger partial charge in [0.1, 0.15) is 0 Å². The van der Waals surface area contributed by atoms with Crippen LogP contribution in [0, 0.1) is 0 Å². The fourth-order valence-electron chi connectivity index (χ4n) is 0.754. The molecule has 0 amide bonds. The van der Waals surface area contributed by atoms with Crippen LogP contribution in [0.25, 0.3) is 0 Å². The molecule has 56 valence electrons. The molecule has 0 aromatic rings. The molecule has 0 N–H and O–H groups in total. The van der Waals surface area contributed by atoms with Crippen LogP contribution in [0.4, 0.5) is 0 Å². The van der Waals surface area contributed by atoms with Crippen LogP contribution in [-0.4, -0.2) is 30.4 Å². The van der Waals surface area contributed by atoms with E-state index in [1.165, 1.54) is 17.9 Å². The van der Waals surface area contributed by atoms with Crippen molar-refractivity contribution in [3.63, 3.8) is 0 Å². The van der Waals surface area contributed by atoms with Crippen molar-refractivity contribution in [2.45, 2.75) is 44.3 Å². The van der Waals surface area contributed by atoms with Gasteiger partial charge in [-0.25, -0.2) is 0 Å². The molecule has 0 aliphatic heterocycles. The first-order valence-electron chi connectivity index (χ1n) is 4.42. The molecule has 1 nitrogen and oxygen atoms in total. The molecule has 0 aromatic heterocycles. The fraction of sp³-hybridized carbons (Fsp3) is 1.00. The number of ether oxygens (including phenoxy) is 1. The molecule has 0 saturated heterocycles. The van der Waals surface area contributed by atoms with Crippen LogP contribution in [0.2, 0.25) is 5.09 Å². The van der Waals surface area contributed by atoms with Crippen molar-refractivity contribution < 1.29 is 4.74 Å². The van der Waals surface area contributed by atoms with Gasteiger partial charge in [-0.3, -0.25) is 0 Å². The van der Waals surface area contributed by atoms with Gasteiger partial charge in [0, 0.05) is 0 Å². The van der Waals surface area contributed by atoms with Crippen molar-refractivity contribution in [2.24, 2.45) is 0 Å². The third-order valence-electron chi connectivity index (χ3n) is 1.73. The van der Waals surface area contributed by atoms with E-state index >= 15 is 0 Å². The SMILES string of the molecule is [Li][CH2]CCCOC(C)CC. The first kappa shape index (κ1) is 10.6. The number of rotatable bonds is 6. The number of hydrogen-bond acceptors (Lipinski definition) is 1. The van der Waals surface area contributed by atoms with Crippen LogP contribution >= 0.6 is 0 Å². The molecule has 0 rings (SSSR count). The van der Waals surface area contributed by atoms with E-state index in [2.05, 4.69) is 31.6 Å². The Morgan fingerprint density at radius 1 is 1.40 bits per heavy atom. The van der Waals surface area contributed by atoms with Crippen molar-refractivity contribution in [3.8, 4) is 0 Å². The van der Waals surface area contributed by atoms with Gasteiger partial charge < -0.3 is 0 Å². The second-order valence-corrected chi connectivity index (χ2v) is 2.80. The van der Waals surface area contributed by atoms with E-state index < -0.39 is 0 Å². The average Bonchev–Trinajstić information content (AvgIpc) is 1.98. The normalized spacial score (nSPS) is 13.6. The zero-order chi connectivity index (χ0) is 7.82. The van der Waals surface area contributed by atoms with Crippen LogP contribution in [-0.2, 0) is 4.74 Å². The first-order chi connectivity index (χ1) is 4.81. The van der Waals surface area contributed by atoms with Crippen molar-refractivity contribution >= 4 is 17.7 Å². The predicted molar refractivity (Wildman–Crippen MR) is 45.5 cm³/mol. The van der Waals surface area contributed by atoms with Gasteiger partial charge in [0.2, 0.25) is 0 Å².